The van der Waals surface area contributed by atoms with Crippen LogP contribution in [0.2, 0.25) is 5.02 Å². The number of fused-ring (bicyclic) bond motifs is 1. The van der Waals surface area contributed by atoms with E-state index in [0.29, 0.717) is 11.8 Å². The lowest BCUT2D eigenvalue weighted by Gasteiger charge is -2.14. The second kappa shape index (κ2) is 6.45. The summed E-state index contributed by atoms with van der Waals surface area (Å²) in [5, 5.41) is 19.0. The van der Waals surface area contributed by atoms with Crippen LogP contribution >= 0.6 is 11.6 Å². The summed E-state index contributed by atoms with van der Waals surface area (Å²) in [5.41, 5.74) is -1.77. The van der Waals surface area contributed by atoms with Crippen LogP contribution in [0.25, 0.3) is 16.6 Å². The van der Waals surface area contributed by atoms with E-state index in [1.54, 1.807) is 30.3 Å². The molecule has 0 aliphatic heterocycles. The average Bonchev–Trinajstić information content (AvgIpc) is 2.59. The summed E-state index contributed by atoms with van der Waals surface area (Å²) >= 11 is 5.75. The molecule has 0 saturated heterocycles. The van der Waals surface area contributed by atoms with Gasteiger partial charge in [0, 0.05) is 5.69 Å². The van der Waals surface area contributed by atoms with Gasteiger partial charge < -0.3 is 14.4 Å². The molecule has 0 saturated carbocycles. The van der Waals surface area contributed by atoms with Gasteiger partial charge in [0.15, 0.2) is 10.8 Å². The Labute approximate surface area is 148 Å². The van der Waals surface area contributed by atoms with Crippen molar-refractivity contribution in [3.8, 4) is 11.4 Å². The summed E-state index contributed by atoms with van der Waals surface area (Å²) in [6.45, 7) is 0. The SMILES string of the molecule is O=C(O)Oc1cn(-c2ccccc2)c2c([N+](=O)[O-])c(Cl)c(F)cc2c1=O. The molecule has 0 bridgehead atoms. The summed E-state index contributed by atoms with van der Waals surface area (Å²) in [4.78, 5) is 33.8. The van der Waals surface area contributed by atoms with Gasteiger partial charge in [0.1, 0.15) is 11.3 Å². The Morgan fingerprint density at radius 3 is 2.54 bits per heavy atom. The number of para-hydroxylation sites is 1. The van der Waals surface area contributed by atoms with Gasteiger partial charge in [0.2, 0.25) is 5.43 Å². The molecule has 0 atom stereocenters. The molecule has 2 aromatic carbocycles. The van der Waals surface area contributed by atoms with Gasteiger partial charge in [-0.3, -0.25) is 14.9 Å². The Morgan fingerprint density at radius 2 is 1.96 bits per heavy atom. The third kappa shape index (κ3) is 2.84. The highest BCUT2D eigenvalue weighted by Crippen LogP contribution is 2.36. The minimum Gasteiger partial charge on any atom is -0.449 e. The van der Waals surface area contributed by atoms with Crippen LogP contribution in [0.15, 0.2) is 47.4 Å². The van der Waals surface area contributed by atoms with Crippen molar-refractivity contribution in [1.29, 1.82) is 0 Å². The molecule has 0 aliphatic carbocycles. The van der Waals surface area contributed by atoms with Crippen LogP contribution in [-0.2, 0) is 0 Å². The number of ether oxygens (including phenoxy) is 1. The first kappa shape index (κ1) is 17.4. The maximum absolute atomic E-state index is 14.0. The quantitative estimate of drug-likeness (QED) is 0.422. The van der Waals surface area contributed by atoms with Crippen molar-refractivity contribution in [2.24, 2.45) is 0 Å². The minimum absolute atomic E-state index is 0.282. The van der Waals surface area contributed by atoms with Crippen molar-refractivity contribution < 1.29 is 24.0 Å². The number of nitro groups is 1. The number of halogens is 2. The molecule has 3 rings (SSSR count). The lowest BCUT2D eigenvalue weighted by Crippen LogP contribution is -2.17. The molecule has 26 heavy (non-hydrogen) atoms. The number of pyridine rings is 1. The molecule has 1 aromatic heterocycles. The Bertz CT molecular complexity index is 1110. The zero-order chi connectivity index (χ0) is 19.0. The number of aromatic nitrogens is 1. The molecule has 10 heteroatoms. The van der Waals surface area contributed by atoms with Gasteiger partial charge in [-0.2, -0.15) is 0 Å². The first-order chi connectivity index (χ1) is 12.3. The van der Waals surface area contributed by atoms with E-state index in [1.165, 1.54) is 0 Å². The van der Waals surface area contributed by atoms with Gasteiger partial charge in [0.25, 0.3) is 0 Å². The first-order valence-electron chi connectivity index (χ1n) is 6.99. The van der Waals surface area contributed by atoms with Crippen LogP contribution in [-0.4, -0.2) is 20.8 Å². The normalized spacial score (nSPS) is 10.7. The van der Waals surface area contributed by atoms with Crippen molar-refractivity contribution in [2.75, 3.05) is 0 Å². The fraction of sp³-hybridized carbons (Fsp3) is 0. The summed E-state index contributed by atoms with van der Waals surface area (Å²) < 4.78 is 19.6. The van der Waals surface area contributed by atoms with E-state index in [2.05, 4.69) is 4.74 Å². The van der Waals surface area contributed by atoms with E-state index in [-0.39, 0.29) is 5.52 Å². The number of nitro benzene ring substituents is 1. The summed E-state index contributed by atoms with van der Waals surface area (Å²) in [7, 11) is 0. The van der Waals surface area contributed by atoms with Gasteiger partial charge in [-0.05, 0) is 18.2 Å². The molecular weight excluding hydrogens is 371 g/mol. The Morgan fingerprint density at radius 1 is 1.31 bits per heavy atom. The number of benzene rings is 2. The molecule has 8 nitrogen and oxygen atoms in total. The van der Waals surface area contributed by atoms with Gasteiger partial charge in [-0.1, -0.05) is 29.8 Å². The number of nitrogens with zero attached hydrogens (tertiary/aromatic N) is 2. The minimum atomic E-state index is -1.76. The Hall–Kier alpha value is -3.46. The van der Waals surface area contributed by atoms with E-state index in [4.69, 9.17) is 16.7 Å². The maximum Gasteiger partial charge on any atom is 0.511 e. The molecule has 0 spiro atoms. The summed E-state index contributed by atoms with van der Waals surface area (Å²) in [6, 6.07) is 8.73. The van der Waals surface area contributed by atoms with Crippen LogP contribution in [0.4, 0.5) is 14.9 Å². The van der Waals surface area contributed by atoms with E-state index in [1.807, 2.05) is 0 Å². The second-order valence-corrected chi connectivity index (χ2v) is 5.45. The van der Waals surface area contributed by atoms with Crippen molar-refractivity contribution in [2.45, 2.75) is 0 Å². The van der Waals surface area contributed by atoms with E-state index in [9.17, 15) is 24.1 Å². The van der Waals surface area contributed by atoms with Crippen molar-refractivity contribution in [3.05, 3.63) is 73.8 Å². The van der Waals surface area contributed by atoms with E-state index < -0.39 is 44.2 Å². The number of carboxylic acid groups (broad SMARTS) is 1. The highest BCUT2D eigenvalue weighted by Gasteiger charge is 2.27. The molecular formula is C16H8ClFN2O6. The molecule has 0 unspecified atom stereocenters. The highest BCUT2D eigenvalue weighted by molar-refractivity contribution is 6.34. The molecule has 132 valence electrons. The standard InChI is InChI=1S/C16H8ClFN2O6/c17-12-10(18)6-9-13(14(12)20(24)25)19(8-4-2-1-3-5-8)7-11(15(9)21)26-16(22)23/h1-7H,(H,22,23). The van der Waals surface area contributed by atoms with Gasteiger partial charge in [0.05, 0.1) is 16.5 Å². The number of rotatable bonds is 3. The van der Waals surface area contributed by atoms with Crippen LogP contribution in [0.3, 0.4) is 0 Å². The average molecular weight is 379 g/mol. The summed E-state index contributed by atoms with van der Waals surface area (Å²) in [5.74, 6) is -1.82. The monoisotopic (exact) mass is 378 g/mol. The van der Waals surface area contributed by atoms with Crippen molar-refractivity contribution in [3.63, 3.8) is 0 Å². The molecule has 0 fully saturated rings. The third-order valence-corrected chi connectivity index (χ3v) is 3.90. The predicted octanol–water partition coefficient (Wildman–Crippen LogP) is 3.75. The molecule has 1 heterocycles. The fourth-order valence-corrected chi connectivity index (χ4v) is 2.73. The molecule has 1 N–H and O–H groups in total. The fourth-order valence-electron chi connectivity index (χ4n) is 2.52. The van der Waals surface area contributed by atoms with Gasteiger partial charge in [-0.25, -0.2) is 9.18 Å². The molecule has 0 amide bonds. The second-order valence-electron chi connectivity index (χ2n) is 5.07. The Kier molecular flexibility index (Phi) is 4.31. The number of hydrogen-bond acceptors (Lipinski definition) is 5. The van der Waals surface area contributed by atoms with Crippen molar-refractivity contribution in [1.82, 2.24) is 4.57 Å². The molecule has 0 aliphatic rings. The smallest absolute Gasteiger partial charge is 0.449 e. The Balaban J connectivity index is 2.56. The lowest BCUT2D eigenvalue weighted by molar-refractivity contribution is -0.383. The van der Waals surface area contributed by atoms with Crippen LogP contribution in [0.1, 0.15) is 0 Å². The van der Waals surface area contributed by atoms with Gasteiger partial charge in [-0.15, -0.1) is 0 Å². The third-order valence-electron chi connectivity index (χ3n) is 3.54. The van der Waals surface area contributed by atoms with Crippen molar-refractivity contribution >= 4 is 34.3 Å². The molecule has 3 aromatic rings. The molecule has 0 radical (unpaired) electrons. The lowest BCUT2D eigenvalue weighted by atomic mass is 10.1. The number of hydrogen-bond donors (Lipinski definition) is 1. The van der Waals surface area contributed by atoms with E-state index >= 15 is 0 Å². The zero-order valence-electron chi connectivity index (χ0n) is 12.7. The largest absolute Gasteiger partial charge is 0.511 e. The van der Waals surface area contributed by atoms with Gasteiger partial charge >= 0.3 is 11.8 Å². The highest BCUT2D eigenvalue weighted by atomic mass is 35.5. The van der Waals surface area contributed by atoms with Crippen LogP contribution in [0, 0.1) is 15.9 Å². The number of carbonyl (C=O) groups is 1. The predicted molar refractivity (Wildman–Crippen MR) is 89.8 cm³/mol. The van der Waals surface area contributed by atoms with Crippen LogP contribution < -0.4 is 10.2 Å². The van der Waals surface area contributed by atoms with Crippen LogP contribution in [0.5, 0.6) is 5.75 Å². The first-order valence-corrected chi connectivity index (χ1v) is 7.37. The maximum atomic E-state index is 14.0. The summed E-state index contributed by atoms with van der Waals surface area (Å²) in [6.07, 6.45) is -0.778. The van der Waals surface area contributed by atoms with E-state index in [0.717, 1.165) is 10.8 Å². The topological polar surface area (TPSA) is 112 Å². The zero-order valence-corrected chi connectivity index (χ0v) is 13.4.